The summed E-state index contributed by atoms with van der Waals surface area (Å²) in [5.41, 5.74) is 0. The molecule has 0 aromatic heterocycles. The quantitative estimate of drug-likeness (QED) is 0.0261. The lowest BCUT2D eigenvalue weighted by molar-refractivity contribution is -0.167. The first-order valence-corrected chi connectivity index (χ1v) is 36.8. The molecule has 83 heavy (non-hydrogen) atoms. The van der Waals surface area contributed by atoms with Gasteiger partial charge >= 0.3 is 17.9 Å². The Hall–Kier alpha value is -2.89. The number of esters is 3. The zero-order valence-corrected chi connectivity index (χ0v) is 55.7. The smallest absolute Gasteiger partial charge is 0.306 e. The molecule has 0 heterocycles. The molecule has 0 saturated carbocycles. The highest BCUT2D eigenvalue weighted by molar-refractivity contribution is 5.71. The van der Waals surface area contributed by atoms with Crippen LogP contribution in [0.2, 0.25) is 0 Å². The summed E-state index contributed by atoms with van der Waals surface area (Å²) in [5.74, 6) is -0.868. The van der Waals surface area contributed by atoms with Gasteiger partial charge in [-0.15, -0.1) is 0 Å². The fraction of sp³-hybridized carbons (Fsp3) is 0.831. The van der Waals surface area contributed by atoms with Gasteiger partial charge in [-0.2, -0.15) is 0 Å². The molecular weight excluding hydrogens is 1020 g/mol. The molecule has 1 atom stereocenters. The molecule has 6 nitrogen and oxygen atoms in total. The predicted octanol–water partition coefficient (Wildman–Crippen LogP) is 25.5. The maximum absolute atomic E-state index is 13.0. The van der Waals surface area contributed by atoms with Gasteiger partial charge in [0.15, 0.2) is 6.10 Å². The normalized spacial score (nSPS) is 12.4. The van der Waals surface area contributed by atoms with Gasteiger partial charge in [-0.1, -0.05) is 326 Å². The highest BCUT2D eigenvalue weighted by Gasteiger charge is 2.19. The molecule has 0 aliphatic rings. The fourth-order valence-electron chi connectivity index (χ4n) is 10.9. The lowest BCUT2D eigenvalue weighted by atomic mass is 10.0. The van der Waals surface area contributed by atoms with Crippen molar-refractivity contribution in [3.05, 3.63) is 60.8 Å². The molecule has 0 N–H and O–H groups in total. The topological polar surface area (TPSA) is 78.9 Å². The minimum atomic E-state index is -0.783. The van der Waals surface area contributed by atoms with Gasteiger partial charge in [-0.05, 0) is 109 Å². The molecule has 0 bridgehead atoms. The molecule has 0 rings (SSSR count). The minimum absolute atomic E-state index is 0.0767. The molecule has 0 aliphatic heterocycles. The number of carbonyl (C=O) groups excluding carboxylic acids is 3. The average molecular weight is 1160 g/mol. The Labute approximate surface area is 517 Å². The number of hydrogen-bond acceptors (Lipinski definition) is 6. The SMILES string of the molecule is CCCCCC/C=C\C/C=C\CCCCCCCCCC(=O)OCC(COC(=O)CCCCCCCCCCCCCCCCCCC/C=C\CCCCCCCCCC)OC(=O)CCCCCCCCC/C=C\C/C=C\CCCCCC. The summed E-state index contributed by atoms with van der Waals surface area (Å²) in [6.45, 7) is 6.66. The lowest BCUT2D eigenvalue weighted by Gasteiger charge is -2.18. The number of carbonyl (C=O) groups is 3. The van der Waals surface area contributed by atoms with Crippen LogP contribution >= 0.6 is 0 Å². The number of unbranched alkanes of at least 4 members (excludes halogenated alkanes) is 47. The number of allylic oxidation sites excluding steroid dienone is 10. The number of hydrogen-bond donors (Lipinski definition) is 0. The summed E-state index contributed by atoms with van der Waals surface area (Å²) in [5, 5.41) is 0. The Kier molecular flexibility index (Phi) is 69.1. The monoisotopic (exact) mass is 1160 g/mol. The van der Waals surface area contributed by atoms with Crippen LogP contribution in [-0.4, -0.2) is 37.2 Å². The van der Waals surface area contributed by atoms with E-state index in [0.717, 1.165) is 83.5 Å². The zero-order valence-electron chi connectivity index (χ0n) is 55.7. The Balaban J connectivity index is 4.27. The second kappa shape index (κ2) is 71.6. The first kappa shape index (κ1) is 80.1. The molecule has 0 aliphatic carbocycles. The molecular formula is C77H140O6. The molecule has 0 amide bonds. The molecule has 0 fully saturated rings. The Morgan fingerprint density at radius 3 is 0.687 bits per heavy atom. The molecule has 0 aromatic rings. The highest BCUT2D eigenvalue weighted by atomic mass is 16.6. The predicted molar refractivity (Wildman–Crippen MR) is 362 cm³/mol. The van der Waals surface area contributed by atoms with E-state index in [1.807, 2.05) is 0 Å². The summed E-state index contributed by atoms with van der Waals surface area (Å²) in [6.07, 6.45) is 92.5. The van der Waals surface area contributed by atoms with Crippen LogP contribution in [0.25, 0.3) is 0 Å². The van der Waals surface area contributed by atoms with Crippen molar-refractivity contribution >= 4 is 17.9 Å². The van der Waals surface area contributed by atoms with E-state index in [0.29, 0.717) is 19.3 Å². The van der Waals surface area contributed by atoms with Gasteiger partial charge in [0.2, 0.25) is 0 Å². The summed E-state index contributed by atoms with van der Waals surface area (Å²) in [6, 6.07) is 0. The van der Waals surface area contributed by atoms with Gasteiger partial charge in [0.25, 0.3) is 0 Å². The van der Waals surface area contributed by atoms with Gasteiger partial charge in [-0.3, -0.25) is 14.4 Å². The van der Waals surface area contributed by atoms with Crippen LogP contribution in [0.5, 0.6) is 0 Å². The van der Waals surface area contributed by atoms with Crippen LogP contribution < -0.4 is 0 Å². The van der Waals surface area contributed by atoms with Crippen LogP contribution in [0, 0.1) is 0 Å². The molecule has 6 heteroatoms. The first-order valence-electron chi connectivity index (χ1n) is 36.8. The molecule has 0 radical (unpaired) electrons. The van der Waals surface area contributed by atoms with E-state index in [1.54, 1.807) is 0 Å². The van der Waals surface area contributed by atoms with Gasteiger partial charge in [0.1, 0.15) is 13.2 Å². The molecule has 0 aromatic carbocycles. The molecule has 484 valence electrons. The minimum Gasteiger partial charge on any atom is -0.462 e. The summed E-state index contributed by atoms with van der Waals surface area (Å²) in [7, 11) is 0. The molecule has 1 unspecified atom stereocenters. The Morgan fingerprint density at radius 2 is 0.434 bits per heavy atom. The summed E-state index contributed by atoms with van der Waals surface area (Å²) in [4.78, 5) is 38.5. The summed E-state index contributed by atoms with van der Waals surface area (Å²) >= 11 is 0. The number of rotatable bonds is 68. The van der Waals surface area contributed by atoms with Crippen LogP contribution in [0.3, 0.4) is 0 Å². The Morgan fingerprint density at radius 1 is 0.241 bits per heavy atom. The largest absolute Gasteiger partial charge is 0.462 e. The van der Waals surface area contributed by atoms with Gasteiger partial charge in [0, 0.05) is 19.3 Å². The third kappa shape index (κ3) is 69.8. The van der Waals surface area contributed by atoms with Gasteiger partial charge in [0.05, 0.1) is 0 Å². The van der Waals surface area contributed by atoms with Crippen LogP contribution in [0.15, 0.2) is 60.8 Å². The van der Waals surface area contributed by atoms with E-state index >= 15 is 0 Å². The fourth-order valence-corrected chi connectivity index (χ4v) is 10.9. The van der Waals surface area contributed by atoms with Crippen molar-refractivity contribution in [2.45, 2.75) is 399 Å². The Bertz CT molecular complexity index is 1470. The van der Waals surface area contributed by atoms with E-state index in [-0.39, 0.29) is 31.1 Å². The van der Waals surface area contributed by atoms with Crippen molar-refractivity contribution in [1.82, 2.24) is 0 Å². The maximum Gasteiger partial charge on any atom is 0.306 e. The van der Waals surface area contributed by atoms with Crippen molar-refractivity contribution in [2.75, 3.05) is 13.2 Å². The highest BCUT2D eigenvalue weighted by Crippen LogP contribution is 2.18. The third-order valence-electron chi connectivity index (χ3n) is 16.5. The molecule has 0 spiro atoms. The van der Waals surface area contributed by atoms with E-state index in [2.05, 4.69) is 81.5 Å². The summed E-state index contributed by atoms with van der Waals surface area (Å²) < 4.78 is 17.0. The first-order chi connectivity index (χ1) is 41.0. The molecule has 0 saturated heterocycles. The number of ether oxygens (including phenoxy) is 3. The van der Waals surface area contributed by atoms with Crippen LogP contribution in [0.4, 0.5) is 0 Å². The zero-order chi connectivity index (χ0) is 59.9. The van der Waals surface area contributed by atoms with Crippen molar-refractivity contribution in [3.63, 3.8) is 0 Å². The van der Waals surface area contributed by atoms with Crippen LogP contribution in [0.1, 0.15) is 393 Å². The second-order valence-corrected chi connectivity index (χ2v) is 24.8. The third-order valence-corrected chi connectivity index (χ3v) is 16.5. The van der Waals surface area contributed by atoms with Crippen molar-refractivity contribution in [1.29, 1.82) is 0 Å². The van der Waals surface area contributed by atoms with Crippen molar-refractivity contribution in [2.24, 2.45) is 0 Å². The van der Waals surface area contributed by atoms with Crippen LogP contribution in [-0.2, 0) is 28.6 Å². The lowest BCUT2D eigenvalue weighted by Crippen LogP contribution is -2.30. The maximum atomic E-state index is 13.0. The van der Waals surface area contributed by atoms with E-state index < -0.39 is 6.10 Å². The van der Waals surface area contributed by atoms with Gasteiger partial charge < -0.3 is 14.2 Å². The average Bonchev–Trinajstić information content (AvgIpc) is 3.50. The standard InChI is InChI=1S/C77H140O6/c1-4-7-10-13-16-19-22-25-28-31-34-35-36-37-38-39-40-41-42-43-44-47-49-52-55-58-61-64-67-70-76(79)82-73-74(83-77(80)71-68-65-62-59-56-53-50-46-33-30-27-24-21-18-15-12-9-6-3)72-81-75(78)69-66-63-60-57-54-51-48-45-32-29-26-23-20-17-14-11-8-5-2/h20-21,23-24,29-34,74H,4-19,22,25-28,35-73H2,1-3H3/b23-20-,24-21-,32-29-,33-30-,34-31-. The second-order valence-electron chi connectivity index (χ2n) is 24.8. The van der Waals surface area contributed by atoms with E-state index in [1.165, 1.54) is 270 Å². The van der Waals surface area contributed by atoms with E-state index in [9.17, 15) is 14.4 Å². The van der Waals surface area contributed by atoms with E-state index in [4.69, 9.17) is 14.2 Å². The van der Waals surface area contributed by atoms with Crippen molar-refractivity contribution < 1.29 is 28.6 Å². The van der Waals surface area contributed by atoms with Crippen molar-refractivity contribution in [3.8, 4) is 0 Å². The van der Waals surface area contributed by atoms with Gasteiger partial charge in [-0.25, -0.2) is 0 Å².